The van der Waals surface area contributed by atoms with E-state index in [0.29, 0.717) is 18.9 Å². The molecule has 0 heterocycles. The van der Waals surface area contributed by atoms with Gasteiger partial charge in [0.25, 0.3) is 0 Å². The van der Waals surface area contributed by atoms with Gasteiger partial charge in [-0.1, -0.05) is 0 Å². The van der Waals surface area contributed by atoms with Gasteiger partial charge < -0.3 is 0 Å². The molecule has 5 nitrogen and oxygen atoms in total. The number of ether oxygens (including phenoxy) is 1. The van der Waals surface area contributed by atoms with E-state index in [9.17, 15) is 9.90 Å². The fraction of sp³-hybridized carbons (Fsp3) is 0.842. The van der Waals surface area contributed by atoms with Gasteiger partial charge in [-0.25, -0.2) is 0 Å². The van der Waals surface area contributed by atoms with Gasteiger partial charge in [0.05, 0.1) is 0 Å². The summed E-state index contributed by atoms with van der Waals surface area (Å²) < 4.78 is 8.45. The summed E-state index contributed by atoms with van der Waals surface area (Å²) in [7, 11) is 0. The Morgan fingerprint density at radius 3 is 2.77 bits per heavy atom. The summed E-state index contributed by atoms with van der Waals surface area (Å²) in [6.07, 6.45) is 6.35. The van der Waals surface area contributed by atoms with Crippen molar-refractivity contribution in [3.63, 3.8) is 0 Å². The summed E-state index contributed by atoms with van der Waals surface area (Å²) >= 11 is 4.28. The summed E-state index contributed by atoms with van der Waals surface area (Å²) in [5.41, 5.74) is -0.457. The molecule has 0 spiro atoms. The zero-order chi connectivity index (χ0) is 20.0. The van der Waals surface area contributed by atoms with Crippen molar-refractivity contribution in [1.29, 1.82) is 0 Å². The Morgan fingerprint density at radius 1 is 1.50 bits per heavy atom. The summed E-state index contributed by atoms with van der Waals surface area (Å²) in [6.45, 7) is 11.2. The third kappa shape index (κ3) is 9.35. The van der Waals surface area contributed by atoms with Crippen LogP contribution in [0.5, 0.6) is 0 Å². The predicted octanol–water partition coefficient (Wildman–Crippen LogP) is 4.26. The molecule has 0 radical (unpaired) electrons. The van der Waals surface area contributed by atoms with Crippen LogP contribution in [0.3, 0.4) is 0 Å². The molecule has 0 aromatic rings. The summed E-state index contributed by atoms with van der Waals surface area (Å²) in [5.74, 6) is 0.418. The second-order valence-electron chi connectivity index (χ2n) is 8.45. The van der Waals surface area contributed by atoms with Crippen molar-refractivity contribution < 1.29 is 14.6 Å². The van der Waals surface area contributed by atoms with Crippen LogP contribution in [-0.4, -0.2) is 49.7 Å². The van der Waals surface area contributed by atoms with Crippen LogP contribution in [0, 0.1) is 5.92 Å². The van der Waals surface area contributed by atoms with Crippen LogP contribution in [0.15, 0.2) is 12.2 Å². The van der Waals surface area contributed by atoms with Crippen molar-refractivity contribution in [1.82, 2.24) is 8.85 Å². The molecule has 0 aliphatic heterocycles. The molecule has 0 fully saturated rings. The van der Waals surface area contributed by atoms with Gasteiger partial charge in [-0.15, -0.1) is 0 Å². The van der Waals surface area contributed by atoms with E-state index in [1.54, 1.807) is 0 Å². The quantitative estimate of drug-likeness (QED) is 0.152. The Bertz CT molecular complexity index is 484. The van der Waals surface area contributed by atoms with Gasteiger partial charge in [-0.2, -0.15) is 0 Å². The summed E-state index contributed by atoms with van der Waals surface area (Å²) in [5, 5.41) is 13.9. The molecule has 0 saturated heterocycles. The van der Waals surface area contributed by atoms with E-state index in [2.05, 4.69) is 34.8 Å². The van der Waals surface area contributed by atoms with Gasteiger partial charge in [0.15, 0.2) is 0 Å². The first-order valence-electron chi connectivity index (χ1n) is 9.22. The molecule has 1 rings (SSSR count). The number of alkyl halides is 2. The first-order valence-corrected chi connectivity index (χ1v) is 14.0. The number of carbonyl (C=O) groups excluding carboxylic acids is 1. The molecular weight excluding hydrogens is 467 g/mol. The number of aliphatic hydroxyl groups is 1. The van der Waals surface area contributed by atoms with E-state index in [0.717, 1.165) is 19.4 Å². The Balaban J connectivity index is 2.31. The molecule has 0 saturated carbocycles. The standard InChI is InChI=1S/C19H36ClIN2O3/c1-14-12-19(5,10-7-8-16(14)20)22-11-9-15(24)13-23-21(6)17(25)26-18(2,3)4/h7-8,14-16,22-24H,9-13H2,1-6H3/t14-,15+,16+,19+/m1/s1. The van der Waals surface area contributed by atoms with Crippen LogP contribution < -0.4 is 8.85 Å². The van der Waals surface area contributed by atoms with Crippen LogP contribution in [0.4, 0.5) is 4.79 Å². The van der Waals surface area contributed by atoms with E-state index in [-0.39, 0.29) is 14.9 Å². The number of allylic oxidation sites excluding steroid dienone is 1. The monoisotopic (exact) mass is 502 g/mol. The fourth-order valence-corrected chi connectivity index (χ4v) is 5.56. The number of rotatable bonds is 8. The first-order chi connectivity index (χ1) is 11.9. The zero-order valence-corrected chi connectivity index (χ0v) is 19.9. The van der Waals surface area contributed by atoms with Gasteiger partial charge in [0, 0.05) is 0 Å². The van der Waals surface area contributed by atoms with E-state index in [4.69, 9.17) is 16.3 Å². The molecule has 4 atom stereocenters. The van der Waals surface area contributed by atoms with Crippen molar-refractivity contribution in [3.8, 4) is 0 Å². The third-order valence-corrected chi connectivity index (χ3v) is 8.07. The third-order valence-electron chi connectivity index (χ3n) is 4.36. The molecule has 0 aromatic carbocycles. The second kappa shape index (κ2) is 10.6. The van der Waals surface area contributed by atoms with Gasteiger partial charge in [0.2, 0.25) is 0 Å². The second-order valence-corrected chi connectivity index (χ2v) is 13.3. The topological polar surface area (TPSA) is 70.6 Å². The SMILES string of the molecule is C[C@@H]1C[C@@](C)(NCC[C@H](O)CNI(C)C(=O)OC(C)(C)C)CC=C[C@@H]1Cl. The number of halogens is 2. The molecule has 0 aromatic heterocycles. The molecule has 0 amide bonds. The predicted molar refractivity (Wildman–Crippen MR) is 118 cm³/mol. The van der Waals surface area contributed by atoms with Gasteiger partial charge in [0.1, 0.15) is 0 Å². The van der Waals surface area contributed by atoms with Crippen molar-refractivity contribution in [2.75, 3.05) is 18.0 Å². The Labute approximate surface area is 171 Å². The average Bonchev–Trinajstić information content (AvgIpc) is 2.62. The Kier molecular flexibility index (Phi) is 9.84. The molecule has 0 bridgehead atoms. The molecular formula is C19H36ClIN2O3. The Morgan fingerprint density at radius 2 is 2.15 bits per heavy atom. The van der Waals surface area contributed by atoms with Crippen LogP contribution in [-0.2, 0) is 4.74 Å². The minimum absolute atomic E-state index is 0.00633. The molecule has 26 heavy (non-hydrogen) atoms. The average molecular weight is 503 g/mol. The van der Waals surface area contributed by atoms with Crippen LogP contribution >= 0.6 is 31.7 Å². The van der Waals surface area contributed by atoms with E-state index < -0.39 is 31.8 Å². The van der Waals surface area contributed by atoms with Crippen LogP contribution in [0.2, 0.25) is 0 Å². The maximum atomic E-state index is 12.0. The number of aliphatic hydroxyl groups excluding tert-OH is 1. The van der Waals surface area contributed by atoms with Crippen molar-refractivity contribution in [2.45, 2.75) is 76.5 Å². The van der Waals surface area contributed by atoms with Gasteiger partial charge in [-0.05, 0) is 0 Å². The molecule has 7 heteroatoms. The number of hydrogen-bond donors (Lipinski definition) is 3. The zero-order valence-electron chi connectivity index (χ0n) is 16.9. The molecule has 1 aliphatic carbocycles. The van der Waals surface area contributed by atoms with E-state index in [1.165, 1.54) is 0 Å². The van der Waals surface area contributed by atoms with Crippen molar-refractivity contribution in [3.05, 3.63) is 12.2 Å². The maximum absolute atomic E-state index is 12.0. The normalized spacial score (nSPS) is 28.4. The molecule has 154 valence electrons. The van der Waals surface area contributed by atoms with E-state index >= 15 is 0 Å². The Hall–Kier alpha value is 0.110. The number of hydrogen-bond acceptors (Lipinski definition) is 5. The summed E-state index contributed by atoms with van der Waals surface area (Å²) in [6, 6.07) is 0. The number of nitrogens with one attached hydrogen (secondary N) is 2. The van der Waals surface area contributed by atoms with Crippen LogP contribution in [0.25, 0.3) is 0 Å². The first kappa shape index (κ1) is 24.1. The van der Waals surface area contributed by atoms with E-state index in [1.807, 2.05) is 25.7 Å². The minimum atomic E-state index is -2.05. The molecule has 3 N–H and O–H groups in total. The van der Waals surface area contributed by atoms with Crippen molar-refractivity contribution >= 4 is 35.7 Å². The molecule has 1 aliphatic rings. The van der Waals surface area contributed by atoms with Crippen LogP contribution in [0.1, 0.15) is 53.9 Å². The van der Waals surface area contributed by atoms with Crippen molar-refractivity contribution in [2.24, 2.45) is 5.92 Å². The van der Waals surface area contributed by atoms with Gasteiger partial charge in [-0.3, -0.25) is 0 Å². The molecule has 0 unspecified atom stereocenters. The fourth-order valence-electron chi connectivity index (χ4n) is 2.90. The summed E-state index contributed by atoms with van der Waals surface area (Å²) in [4.78, 5) is 13.9. The number of carbonyl (C=O) groups is 1. The van der Waals surface area contributed by atoms with Gasteiger partial charge >= 0.3 is 172 Å².